The molecule has 0 heterocycles. The van der Waals surface area contributed by atoms with Gasteiger partial charge in [0.2, 0.25) is 0 Å². The Morgan fingerprint density at radius 3 is 1.88 bits per heavy atom. The average molecular weight is 349 g/mol. The number of ether oxygens (including phenoxy) is 2. The number of aliphatic hydroxyl groups excluding tert-OH is 3. The second-order valence-corrected chi connectivity index (χ2v) is 6.70. The van der Waals surface area contributed by atoms with E-state index in [9.17, 15) is 10.2 Å². The van der Waals surface area contributed by atoms with Crippen molar-refractivity contribution in [2.45, 2.75) is 96.4 Å². The third-order valence-corrected chi connectivity index (χ3v) is 4.23. The van der Waals surface area contributed by atoms with Gasteiger partial charge in [0.15, 0.2) is 0 Å². The standard InChI is InChI=1S/C19H40O5/c1-3-4-5-6-7-8-9-10-11-12-13-23-16-19(22)17(2)24-15-18(21)14-20/h17-22H,3-16H2,1-2H3/t17-,18-,19?/m0/s1. The Morgan fingerprint density at radius 1 is 0.792 bits per heavy atom. The van der Waals surface area contributed by atoms with Crippen molar-refractivity contribution in [3.63, 3.8) is 0 Å². The minimum Gasteiger partial charge on any atom is -0.394 e. The van der Waals surface area contributed by atoms with Gasteiger partial charge in [-0.1, -0.05) is 64.7 Å². The van der Waals surface area contributed by atoms with Gasteiger partial charge in [-0.15, -0.1) is 0 Å². The summed E-state index contributed by atoms with van der Waals surface area (Å²) in [7, 11) is 0. The van der Waals surface area contributed by atoms with Crippen molar-refractivity contribution in [3.05, 3.63) is 0 Å². The molecule has 0 aliphatic heterocycles. The van der Waals surface area contributed by atoms with Crippen molar-refractivity contribution in [1.29, 1.82) is 0 Å². The van der Waals surface area contributed by atoms with Gasteiger partial charge in [-0.05, 0) is 13.3 Å². The lowest BCUT2D eigenvalue weighted by atomic mass is 10.1. The molecule has 0 radical (unpaired) electrons. The van der Waals surface area contributed by atoms with E-state index in [0.717, 1.165) is 6.42 Å². The second kappa shape index (κ2) is 17.6. The molecule has 5 nitrogen and oxygen atoms in total. The molecule has 24 heavy (non-hydrogen) atoms. The number of unbranched alkanes of at least 4 members (excludes halogenated alkanes) is 9. The number of aliphatic hydroxyl groups is 3. The molecule has 0 rings (SSSR count). The third kappa shape index (κ3) is 15.3. The highest BCUT2D eigenvalue weighted by Gasteiger charge is 2.16. The average Bonchev–Trinajstić information content (AvgIpc) is 2.59. The molecule has 5 heteroatoms. The molecule has 0 aromatic carbocycles. The van der Waals surface area contributed by atoms with E-state index in [-0.39, 0.29) is 19.8 Å². The van der Waals surface area contributed by atoms with E-state index in [1.165, 1.54) is 57.8 Å². The number of hydrogen-bond donors (Lipinski definition) is 3. The minimum atomic E-state index is -0.896. The maximum absolute atomic E-state index is 9.87. The molecule has 0 fully saturated rings. The molecular weight excluding hydrogens is 308 g/mol. The van der Waals surface area contributed by atoms with Crippen molar-refractivity contribution in [2.24, 2.45) is 0 Å². The fourth-order valence-electron chi connectivity index (χ4n) is 2.46. The smallest absolute Gasteiger partial charge is 0.103 e. The zero-order valence-corrected chi connectivity index (χ0v) is 15.8. The number of hydrogen-bond acceptors (Lipinski definition) is 5. The van der Waals surface area contributed by atoms with Crippen molar-refractivity contribution >= 4 is 0 Å². The van der Waals surface area contributed by atoms with Crippen LogP contribution in [0.2, 0.25) is 0 Å². The van der Waals surface area contributed by atoms with Crippen molar-refractivity contribution in [2.75, 3.05) is 26.4 Å². The van der Waals surface area contributed by atoms with Gasteiger partial charge in [0.25, 0.3) is 0 Å². The van der Waals surface area contributed by atoms with Crippen LogP contribution in [0.1, 0.15) is 78.1 Å². The van der Waals surface area contributed by atoms with E-state index in [1.54, 1.807) is 6.92 Å². The summed E-state index contributed by atoms with van der Waals surface area (Å²) < 4.78 is 10.8. The fourth-order valence-corrected chi connectivity index (χ4v) is 2.46. The first-order chi connectivity index (χ1) is 11.6. The van der Waals surface area contributed by atoms with Gasteiger partial charge < -0.3 is 24.8 Å². The molecule has 0 aliphatic carbocycles. The summed E-state index contributed by atoms with van der Waals surface area (Å²) in [5, 5.41) is 27.8. The first-order valence-corrected chi connectivity index (χ1v) is 9.78. The van der Waals surface area contributed by atoms with Crippen LogP contribution in [0.15, 0.2) is 0 Å². The monoisotopic (exact) mass is 348 g/mol. The van der Waals surface area contributed by atoms with Crippen LogP contribution in [-0.2, 0) is 9.47 Å². The lowest BCUT2D eigenvalue weighted by Crippen LogP contribution is -2.33. The first-order valence-electron chi connectivity index (χ1n) is 9.78. The minimum absolute atomic E-state index is 0.0210. The van der Waals surface area contributed by atoms with Gasteiger partial charge >= 0.3 is 0 Å². The molecule has 0 aromatic rings. The molecule has 0 aromatic heterocycles. The van der Waals surface area contributed by atoms with Gasteiger partial charge in [-0.3, -0.25) is 0 Å². The van der Waals surface area contributed by atoms with Crippen LogP contribution in [0.4, 0.5) is 0 Å². The highest BCUT2D eigenvalue weighted by Crippen LogP contribution is 2.10. The van der Waals surface area contributed by atoms with E-state index >= 15 is 0 Å². The Morgan fingerprint density at radius 2 is 1.33 bits per heavy atom. The number of rotatable bonds is 18. The van der Waals surface area contributed by atoms with E-state index in [1.807, 2.05) is 0 Å². The SMILES string of the molecule is CCCCCCCCCCCCOCC(O)[C@H](C)OC[C@@H](O)CO. The quantitative estimate of drug-likeness (QED) is 0.332. The highest BCUT2D eigenvalue weighted by molar-refractivity contribution is 4.64. The molecule has 1 unspecified atom stereocenters. The zero-order chi connectivity index (χ0) is 18.0. The Bertz CT molecular complexity index is 250. The molecule has 0 bridgehead atoms. The molecule has 0 spiro atoms. The molecule has 146 valence electrons. The molecule has 0 aliphatic rings. The Balaban J connectivity index is 3.31. The van der Waals surface area contributed by atoms with Gasteiger partial charge in [0.05, 0.1) is 25.9 Å². The largest absolute Gasteiger partial charge is 0.394 e. The lowest BCUT2D eigenvalue weighted by molar-refractivity contribution is -0.0887. The predicted octanol–water partition coefficient (Wildman–Crippen LogP) is 3.04. The first kappa shape index (κ1) is 23.8. The van der Waals surface area contributed by atoms with Gasteiger partial charge in [0, 0.05) is 6.61 Å². The summed E-state index contributed by atoms with van der Waals surface area (Å²) in [4.78, 5) is 0. The van der Waals surface area contributed by atoms with Crippen LogP contribution in [0.25, 0.3) is 0 Å². The molecule has 3 N–H and O–H groups in total. The summed E-state index contributed by atoms with van der Waals surface area (Å²) in [6, 6.07) is 0. The zero-order valence-electron chi connectivity index (χ0n) is 15.8. The third-order valence-electron chi connectivity index (χ3n) is 4.23. The molecular formula is C19H40O5. The lowest BCUT2D eigenvalue weighted by Gasteiger charge is -2.20. The van der Waals surface area contributed by atoms with E-state index in [4.69, 9.17) is 14.6 Å². The van der Waals surface area contributed by atoms with Crippen LogP contribution in [0, 0.1) is 0 Å². The van der Waals surface area contributed by atoms with Gasteiger partial charge in [0.1, 0.15) is 12.2 Å². The van der Waals surface area contributed by atoms with E-state index in [2.05, 4.69) is 6.92 Å². The molecule has 3 atom stereocenters. The van der Waals surface area contributed by atoms with Crippen LogP contribution in [0.3, 0.4) is 0 Å². The predicted molar refractivity (Wildman–Crippen MR) is 97.2 cm³/mol. The summed E-state index contributed by atoms with van der Waals surface area (Å²) >= 11 is 0. The normalized spacial score (nSPS) is 15.4. The fraction of sp³-hybridized carbons (Fsp3) is 1.00. The van der Waals surface area contributed by atoms with Crippen LogP contribution >= 0.6 is 0 Å². The summed E-state index contributed by atoms with van der Waals surface area (Å²) in [5.74, 6) is 0. The van der Waals surface area contributed by atoms with E-state index in [0.29, 0.717) is 6.61 Å². The van der Waals surface area contributed by atoms with E-state index < -0.39 is 18.3 Å². The molecule has 0 saturated carbocycles. The van der Waals surface area contributed by atoms with Crippen LogP contribution < -0.4 is 0 Å². The van der Waals surface area contributed by atoms with Crippen LogP contribution in [-0.4, -0.2) is 60.1 Å². The van der Waals surface area contributed by atoms with Gasteiger partial charge in [-0.2, -0.15) is 0 Å². The Hall–Kier alpha value is -0.200. The second-order valence-electron chi connectivity index (χ2n) is 6.70. The maximum atomic E-state index is 9.87. The van der Waals surface area contributed by atoms with Crippen molar-refractivity contribution < 1.29 is 24.8 Å². The summed E-state index contributed by atoms with van der Waals surface area (Å²) in [6.45, 7) is 4.58. The maximum Gasteiger partial charge on any atom is 0.103 e. The van der Waals surface area contributed by atoms with Crippen LogP contribution in [0.5, 0.6) is 0 Å². The Kier molecular flexibility index (Phi) is 17.5. The Labute approximate surface area is 148 Å². The van der Waals surface area contributed by atoms with Crippen molar-refractivity contribution in [3.8, 4) is 0 Å². The summed E-state index contributed by atoms with van der Waals surface area (Å²) in [5.41, 5.74) is 0. The summed E-state index contributed by atoms with van der Waals surface area (Å²) in [6.07, 6.45) is 10.9. The topological polar surface area (TPSA) is 79.2 Å². The van der Waals surface area contributed by atoms with Gasteiger partial charge in [-0.25, -0.2) is 0 Å². The highest BCUT2D eigenvalue weighted by atomic mass is 16.5. The molecule has 0 saturated heterocycles. The van der Waals surface area contributed by atoms with Crippen molar-refractivity contribution in [1.82, 2.24) is 0 Å². The molecule has 0 amide bonds.